The highest BCUT2D eigenvalue weighted by Gasteiger charge is 2.21. The number of nitrogens with one attached hydrogen (secondary N) is 1. The fraction of sp³-hybridized carbons (Fsp3) is 0.0645. The molecule has 0 bridgehead atoms. The fourth-order valence-corrected chi connectivity index (χ4v) is 4.67. The van der Waals surface area contributed by atoms with Crippen LogP contribution in [0.25, 0.3) is 55.5 Å². The minimum atomic E-state index is -0.527. The van der Waals surface area contributed by atoms with Crippen LogP contribution in [0.5, 0.6) is 5.75 Å². The van der Waals surface area contributed by atoms with Crippen LogP contribution in [0.1, 0.15) is 12.5 Å². The van der Waals surface area contributed by atoms with Gasteiger partial charge in [-0.1, -0.05) is 60.7 Å². The van der Waals surface area contributed by atoms with E-state index in [1.807, 2.05) is 79.9 Å². The molecule has 178 valence electrons. The highest BCUT2D eigenvalue weighted by atomic mass is 16.5. The molecular weight excluding hydrogens is 462 g/mol. The molecule has 0 aliphatic rings. The van der Waals surface area contributed by atoms with Crippen molar-refractivity contribution in [1.82, 2.24) is 9.97 Å². The number of H-pyrrole nitrogens is 1. The number of nitriles is 1. The first-order chi connectivity index (χ1) is 18.2. The molecule has 0 saturated carbocycles. The molecule has 0 atom stereocenters. The summed E-state index contributed by atoms with van der Waals surface area (Å²) in [6.07, 6.45) is 1.85. The highest BCUT2D eigenvalue weighted by molar-refractivity contribution is 5.98. The lowest BCUT2D eigenvalue weighted by Crippen LogP contribution is -2.06. The third kappa shape index (κ3) is 3.83. The molecule has 6 aromatic rings. The number of hydrogen-bond donors (Lipinski definition) is 1. The molecular formula is C31H21N3O3. The largest absolute Gasteiger partial charge is 0.490 e. The summed E-state index contributed by atoms with van der Waals surface area (Å²) in [7, 11) is 0. The van der Waals surface area contributed by atoms with Gasteiger partial charge in [-0.2, -0.15) is 5.26 Å². The van der Waals surface area contributed by atoms with Gasteiger partial charge in [-0.3, -0.25) is 0 Å². The van der Waals surface area contributed by atoms with Gasteiger partial charge in [-0.25, -0.2) is 9.78 Å². The molecule has 0 spiro atoms. The van der Waals surface area contributed by atoms with E-state index < -0.39 is 5.63 Å². The highest BCUT2D eigenvalue weighted by Crippen LogP contribution is 2.37. The second-order valence-electron chi connectivity index (χ2n) is 8.56. The Labute approximate surface area is 212 Å². The Morgan fingerprint density at radius 3 is 2.57 bits per heavy atom. The number of ether oxygens (including phenoxy) is 1. The van der Waals surface area contributed by atoms with E-state index in [-0.39, 0.29) is 0 Å². The van der Waals surface area contributed by atoms with E-state index in [0.29, 0.717) is 46.0 Å². The first kappa shape index (κ1) is 22.3. The zero-order valence-electron chi connectivity index (χ0n) is 20.0. The van der Waals surface area contributed by atoms with E-state index in [2.05, 4.69) is 11.1 Å². The maximum Gasteiger partial charge on any atom is 0.345 e. The molecule has 6 heteroatoms. The number of nitrogens with zero attached hydrogens (tertiary/aromatic N) is 2. The molecule has 37 heavy (non-hydrogen) atoms. The first-order valence-corrected chi connectivity index (χ1v) is 11.9. The van der Waals surface area contributed by atoms with Crippen molar-refractivity contribution in [3.05, 3.63) is 107 Å². The van der Waals surface area contributed by atoms with Crippen LogP contribution in [0.4, 0.5) is 0 Å². The quantitative estimate of drug-likeness (QED) is 0.268. The minimum absolute atomic E-state index is 0.309. The van der Waals surface area contributed by atoms with E-state index in [1.165, 1.54) is 0 Å². The minimum Gasteiger partial charge on any atom is -0.490 e. The lowest BCUT2D eigenvalue weighted by atomic mass is 9.94. The fourth-order valence-electron chi connectivity index (χ4n) is 4.67. The number of aromatic nitrogens is 2. The molecule has 6 nitrogen and oxygen atoms in total. The maximum absolute atomic E-state index is 13.3. The number of rotatable bonds is 5. The zero-order chi connectivity index (χ0) is 25.4. The summed E-state index contributed by atoms with van der Waals surface area (Å²) in [6, 6.07) is 28.9. The van der Waals surface area contributed by atoms with Gasteiger partial charge in [0.2, 0.25) is 0 Å². The van der Waals surface area contributed by atoms with Crippen molar-refractivity contribution in [3.63, 3.8) is 0 Å². The lowest BCUT2D eigenvalue weighted by molar-refractivity contribution is 0.337. The van der Waals surface area contributed by atoms with Gasteiger partial charge in [-0.15, -0.1) is 0 Å². The third-order valence-electron chi connectivity index (χ3n) is 6.36. The summed E-state index contributed by atoms with van der Waals surface area (Å²) in [5.74, 6) is 0.515. The van der Waals surface area contributed by atoms with Crippen LogP contribution in [-0.2, 0) is 0 Å². The summed E-state index contributed by atoms with van der Waals surface area (Å²) < 4.78 is 11.4. The summed E-state index contributed by atoms with van der Waals surface area (Å²) in [4.78, 5) is 21.4. The average molecular weight is 484 g/mol. The van der Waals surface area contributed by atoms with Crippen LogP contribution in [-0.4, -0.2) is 16.6 Å². The van der Waals surface area contributed by atoms with Crippen LogP contribution in [0.15, 0.2) is 100 Å². The van der Waals surface area contributed by atoms with Crippen LogP contribution in [0.3, 0.4) is 0 Å². The zero-order valence-corrected chi connectivity index (χ0v) is 20.0. The molecule has 0 aliphatic carbocycles. The molecule has 0 amide bonds. The molecule has 0 saturated heterocycles. The Morgan fingerprint density at radius 1 is 0.946 bits per heavy atom. The lowest BCUT2D eigenvalue weighted by Gasteiger charge is -2.13. The van der Waals surface area contributed by atoms with Crippen molar-refractivity contribution in [3.8, 4) is 45.5 Å². The predicted octanol–water partition coefficient (Wildman–Crippen LogP) is 6.94. The molecule has 0 radical (unpaired) electrons. The Kier molecular flexibility index (Phi) is 5.51. The second-order valence-corrected chi connectivity index (χ2v) is 8.56. The second kappa shape index (κ2) is 9.14. The number of benzene rings is 3. The Balaban J connectivity index is 1.66. The van der Waals surface area contributed by atoms with E-state index in [1.54, 1.807) is 18.2 Å². The van der Waals surface area contributed by atoms with Crippen LogP contribution < -0.4 is 10.4 Å². The van der Waals surface area contributed by atoms with Gasteiger partial charge in [0, 0.05) is 33.6 Å². The summed E-state index contributed by atoms with van der Waals surface area (Å²) in [6.45, 7) is 2.33. The Hall–Kier alpha value is -5.15. The predicted molar refractivity (Wildman–Crippen MR) is 144 cm³/mol. The monoisotopic (exact) mass is 483 g/mol. The third-order valence-corrected chi connectivity index (χ3v) is 6.36. The van der Waals surface area contributed by atoms with Crippen molar-refractivity contribution in [1.29, 1.82) is 5.26 Å². The van der Waals surface area contributed by atoms with E-state index >= 15 is 0 Å². The first-order valence-electron chi connectivity index (χ1n) is 11.9. The molecule has 6 rings (SSSR count). The molecule has 0 unspecified atom stereocenters. The van der Waals surface area contributed by atoms with Gasteiger partial charge in [0.1, 0.15) is 6.07 Å². The summed E-state index contributed by atoms with van der Waals surface area (Å²) in [5, 5.41) is 11.9. The van der Waals surface area contributed by atoms with Gasteiger partial charge in [0.25, 0.3) is 0 Å². The van der Waals surface area contributed by atoms with Crippen LogP contribution in [0.2, 0.25) is 0 Å². The number of fused-ring (bicyclic) bond motifs is 2. The molecule has 3 aromatic carbocycles. The Morgan fingerprint density at radius 2 is 1.76 bits per heavy atom. The van der Waals surface area contributed by atoms with Crippen LogP contribution >= 0.6 is 0 Å². The number of pyridine rings is 1. The van der Waals surface area contributed by atoms with Crippen molar-refractivity contribution in [2.45, 2.75) is 6.92 Å². The van der Waals surface area contributed by atoms with E-state index in [4.69, 9.17) is 14.1 Å². The van der Waals surface area contributed by atoms with Crippen molar-refractivity contribution < 1.29 is 9.15 Å². The smallest absolute Gasteiger partial charge is 0.345 e. The molecule has 1 N–H and O–H groups in total. The Bertz CT molecular complexity index is 1880. The number of aromatic amines is 1. The standard InChI is InChI=1S/C31H21N3O3/c1-2-36-28-14-8-11-20-15-23(31(35)37-30(20)28)27-16-22(19-9-4-3-5-10-19)24(17-32)29(34-27)25-18-33-26-13-7-6-12-21(25)26/h3-16,18,33H,2H2,1H3. The van der Waals surface area contributed by atoms with E-state index in [0.717, 1.165) is 27.4 Å². The van der Waals surface area contributed by atoms with Crippen molar-refractivity contribution in [2.75, 3.05) is 6.61 Å². The molecule has 3 heterocycles. The topological polar surface area (TPSA) is 91.9 Å². The number of hydrogen-bond acceptors (Lipinski definition) is 5. The van der Waals surface area contributed by atoms with Crippen molar-refractivity contribution >= 4 is 21.9 Å². The average Bonchev–Trinajstić information content (AvgIpc) is 3.37. The summed E-state index contributed by atoms with van der Waals surface area (Å²) >= 11 is 0. The summed E-state index contributed by atoms with van der Waals surface area (Å²) in [5.41, 5.74) is 4.80. The number of para-hydroxylation sites is 2. The van der Waals surface area contributed by atoms with E-state index in [9.17, 15) is 10.1 Å². The van der Waals surface area contributed by atoms with Gasteiger partial charge in [0.15, 0.2) is 11.3 Å². The van der Waals surface area contributed by atoms with Crippen molar-refractivity contribution in [2.24, 2.45) is 0 Å². The normalized spacial score (nSPS) is 11.0. The SMILES string of the molecule is CCOc1cccc2cc(-c3cc(-c4ccccc4)c(C#N)c(-c4c[nH]c5ccccc45)n3)c(=O)oc12. The van der Waals surface area contributed by atoms with Gasteiger partial charge < -0.3 is 14.1 Å². The molecule has 0 aliphatic heterocycles. The van der Waals surface area contributed by atoms with Crippen LogP contribution in [0, 0.1) is 11.3 Å². The molecule has 3 aromatic heterocycles. The van der Waals surface area contributed by atoms with Gasteiger partial charge >= 0.3 is 5.63 Å². The maximum atomic E-state index is 13.3. The molecule has 0 fully saturated rings. The van der Waals surface area contributed by atoms with Gasteiger partial charge in [0.05, 0.1) is 29.1 Å². The van der Waals surface area contributed by atoms with Gasteiger partial charge in [-0.05, 0) is 36.8 Å².